The minimum absolute atomic E-state index is 0.157. The number of quaternary nitrogens is 1. The Bertz CT molecular complexity index is 616. The second-order valence-electron chi connectivity index (χ2n) is 5.26. The topological polar surface area (TPSA) is 69.1 Å². The lowest BCUT2D eigenvalue weighted by atomic mass is 10.2. The van der Waals surface area contributed by atoms with Crippen molar-refractivity contribution in [3.63, 3.8) is 0 Å². The monoisotopic (exact) mass is 393 g/mol. The summed E-state index contributed by atoms with van der Waals surface area (Å²) >= 11 is 3.37. The molecular weight excluding hydrogens is 372 g/mol. The number of ether oxygens (including phenoxy) is 2. The molecule has 1 heterocycles. The molecule has 1 saturated heterocycles. The first-order valence-corrected chi connectivity index (χ1v) is 9.47. The van der Waals surface area contributed by atoms with Crippen molar-refractivity contribution in [3.05, 3.63) is 22.2 Å². The van der Waals surface area contributed by atoms with E-state index in [1.165, 1.54) is 12.0 Å². The fourth-order valence-corrected chi connectivity index (χ4v) is 4.06. The van der Waals surface area contributed by atoms with Gasteiger partial charge in [0.15, 0.2) is 0 Å². The summed E-state index contributed by atoms with van der Waals surface area (Å²) in [7, 11) is -2.12. The summed E-state index contributed by atoms with van der Waals surface area (Å²) in [6, 6.07) is 3.30. The second kappa shape index (κ2) is 7.74. The number of morpholine rings is 1. The Labute approximate surface area is 140 Å². The van der Waals surface area contributed by atoms with Gasteiger partial charge in [-0.05, 0) is 24.6 Å². The maximum Gasteiger partial charge on any atom is 0.244 e. The van der Waals surface area contributed by atoms with Gasteiger partial charge < -0.3 is 14.4 Å². The molecule has 8 heteroatoms. The molecule has 0 atom stereocenters. The predicted molar refractivity (Wildman–Crippen MR) is 87.0 cm³/mol. The molecule has 6 nitrogen and oxygen atoms in total. The summed E-state index contributed by atoms with van der Waals surface area (Å²) < 4.78 is 38.8. The zero-order valence-electron chi connectivity index (χ0n) is 12.8. The molecule has 1 aromatic carbocycles. The minimum Gasteiger partial charge on any atom is -0.495 e. The van der Waals surface area contributed by atoms with Gasteiger partial charge in [-0.1, -0.05) is 15.9 Å². The molecule has 0 bridgehead atoms. The van der Waals surface area contributed by atoms with Crippen molar-refractivity contribution in [3.8, 4) is 5.75 Å². The van der Waals surface area contributed by atoms with Gasteiger partial charge in [-0.25, -0.2) is 13.1 Å². The first kappa shape index (κ1) is 17.7. The van der Waals surface area contributed by atoms with Gasteiger partial charge in [-0.3, -0.25) is 0 Å². The number of aryl methyl sites for hydroxylation is 1. The first-order chi connectivity index (χ1) is 10.4. The number of hydrogen-bond donors (Lipinski definition) is 2. The molecule has 22 heavy (non-hydrogen) atoms. The van der Waals surface area contributed by atoms with Gasteiger partial charge >= 0.3 is 0 Å². The lowest BCUT2D eigenvalue weighted by Gasteiger charge is -2.23. The van der Waals surface area contributed by atoms with E-state index in [1.807, 2.05) is 6.92 Å². The van der Waals surface area contributed by atoms with Crippen LogP contribution in [0.25, 0.3) is 0 Å². The van der Waals surface area contributed by atoms with Crippen LogP contribution in [0.5, 0.6) is 5.75 Å². The fraction of sp³-hybridized carbons (Fsp3) is 0.571. The second-order valence-corrected chi connectivity index (χ2v) is 7.85. The van der Waals surface area contributed by atoms with E-state index in [-0.39, 0.29) is 4.90 Å². The molecule has 1 aromatic rings. The fourth-order valence-electron chi connectivity index (χ4n) is 2.36. The summed E-state index contributed by atoms with van der Waals surface area (Å²) in [4.78, 5) is 1.51. The van der Waals surface area contributed by atoms with E-state index >= 15 is 0 Å². The van der Waals surface area contributed by atoms with Crippen molar-refractivity contribution in [1.29, 1.82) is 0 Å². The highest BCUT2D eigenvalue weighted by molar-refractivity contribution is 9.10. The van der Waals surface area contributed by atoms with Crippen LogP contribution in [0.4, 0.5) is 0 Å². The van der Waals surface area contributed by atoms with E-state index in [9.17, 15) is 8.42 Å². The van der Waals surface area contributed by atoms with Crippen LogP contribution in [-0.4, -0.2) is 54.9 Å². The molecule has 124 valence electrons. The van der Waals surface area contributed by atoms with Crippen LogP contribution in [0.15, 0.2) is 21.5 Å². The number of methoxy groups -OCH3 is 1. The number of hydrogen-bond acceptors (Lipinski definition) is 4. The highest BCUT2D eigenvalue weighted by Crippen LogP contribution is 2.30. The number of rotatable bonds is 6. The molecule has 0 aliphatic carbocycles. The number of nitrogens with one attached hydrogen (secondary N) is 2. The maximum atomic E-state index is 12.5. The largest absolute Gasteiger partial charge is 0.495 e. The van der Waals surface area contributed by atoms with Crippen LogP contribution in [0.2, 0.25) is 0 Å². The lowest BCUT2D eigenvalue weighted by molar-refractivity contribution is -0.906. The molecule has 2 N–H and O–H groups in total. The van der Waals surface area contributed by atoms with E-state index in [2.05, 4.69) is 20.7 Å². The van der Waals surface area contributed by atoms with E-state index in [0.29, 0.717) is 12.3 Å². The van der Waals surface area contributed by atoms with Crippen LogP contribution in [-0.2, 0) is 14.8 Å². The number of sulfonamides is 1. The van der Waals surface area contributed by atoms with Gasteiger partial charge in [0.25, 0.3) is 0 Å². The Balaban J connectivity index is 2.04. The van der Waals surface area contributed by atoms with Crippen LogP contribution in [0, 0.1) is 6.92 Å². The van der Waals surface area contributed by atoms with Crippen molar-refractivity contribution >= 4 is 26.0 Å². The van der Waals surface area contributed by atoms with Gasteiger partial charge in [0.05, 0.1) is 33.4 Å². The van der Waals surface area contributed by atoms with Crippen LogP contribution < -0.4 is 14.4 Å². The first-order valence-electron chi connectivity index (χ1n) is 7.19. The normalized spacial score (nSPS) is 16.7. The molecule has 0 spiro atoms. The van der Waals surface area contributed by atoms with Crippen LogP contribution in [0.1, 0.15) is 5.56 Å². The van der Waals surface area contributed by atoms with Gasteiger partial charge in [0, 0.05) is 4.47 Å². The number of benzene rings is 1. The molecule has 0 saturated carbocycles. The molecule has 0 radical (unpaired) electrons. The summed E-state index contributed by atoms with van der Waals surface area (Å²) in [5.74, 6) is 0.354. The minimum atomic E-state index is -3.59. The molecular formula is C14H22BrN2O4S+. The predicted octanol–water partition coefficient (Wildman–Crippen LogP) is -0.0405. The van der Waals surface area contributed by atoms with Gasteiger partial charge in [0.2, 0.25) is 10.0 Å². The van der Waals surface area contributed by atoms with Crippen molar-refractivity contribution in [2.75, 3.05) is 46.5 Å². The Morgan fingerprint density at radius 1 is 1.36 bits per heavy atom. The highest BCUT2D eigenvalue weighted by Gasteiger charge is 2.22. The quantitative estimate of drug-likeness (QED) is 0.711. The Morgan fingerprint density at radius 2 is 2.05 bits per heavy atom. The third kappa shape index (κ3) is 4.42. The average Bonchev–Trinajstić information content (AvgIpc) is 2.50. The van der Waals surface area contributed by atoms with Crippen molar-refractivity contribution < 1.29 is 22.8 Å². The molecule has 0 aromatic heterocycles. The van der Waals surface area contributed by atoms with Crippen LogP contribution in [0.3, 0.4) is 0 Å². The molecule has 1 fully saturated rings. The Morgan fingerprint density at radius 3 is 2.68 bits per heavy atom. The van der Waals surface area contributed by atoms with E-state index in [1.54, 1.807) is 12.1 Å². The van der Waals surface area contributed by atoms with Crippen molar-refractivity contribution in [2.24, 2.45) is 0 Å². The Hall–Kier alpha value is -0.670. The molecule has 1 aliphatic rings. The van der Waals surface area contributed by atoms with Gasteiger partial charge in [-0.15, -0.1) is 0 Å². The maximum absolute atomic E-state index is 12.5. The molecule has 1 aliphatic heterocycles. The lowest BCUT2D eigenvalue weighted by Crippen LogP contribution is -3.14. The summed E-state index contributed by atoms with van der Waals surface area (Å²) in [5.41, 5.74) is 0.925. The van der Waals surface area contributed by atoms with Gasteiger partial charge in [0.1, 0.15) is 23.7 Å². The third-order valence-electron chi connectivity index (χ3n) is 3.70. The zero-order valence-corrected chi connectivity index (χ0v) is 15.2. The summed E-state index contributed by atoms with van der Waals surface area (Å²) in [5, 5.41) is 0. The zero-order chi connectivity index (χ0) is 16.2. The summed E-state index contributed by atoms with van der Waals surface area (Å²) in [6.45, 7) is 6.34. The standard InChI is InChI=1S/C14H21BrN2O4S/c1-11-9-13(20-2)14(10-12(11)15)22(18,19)16-3-4-17-5-7-21-8-6-17/h9-10,16H,3-8H2,1-2H3/p+1. The van der Waals surface area contributed by atoms with Crippen LogP contribution >= 0.6 is 15.9 Å². The third-order valence-corrected chi connectivity index (χ3v) is 6.04. The molecule has 0 unspecified atom stereocenters. The SMILES string of the molecule is COc1cc(C)c(Br)cc1S(=O)(=O)NCC[NH+]1CCOCC1. The van der Waals surface area contributed by atoms with Gasteiger partial charge in [-0.2, -0.15) is 0 Å². The van der Waals surface area contributed by atoms with E-state index in [4.69, 9.17) is 9.47 Å². The van der Waals surface area contributed by atoms with E-state index in [0.717, 1.165) is 42.9 Å². The van der Waals surface area contributed by atoms with Crippen molar-refractivity contribution in [2.45, 2.75) is 11.8 Å². The molecule has 0 amide bonds. The smallest absolute Gasteiger partial charge is 0.244 e. The Kier molecular flexibility index (Phi) is 6.22. The average molecular weight is 394 g/mol. The van der Waals surface area contributed by atoms with E-state index < -0.39 is 10.0 Å². The summed E-state index contributed by atoms with van der Waals surface area (Å²) in [6.07, 6.45) is 0. The molecule has 2 rings (SSSR count). The van der Waals surface area contributed by atoms with Crippen molar-refractivity contribution in [1.82, 2.24) is 4.72 Å². The number of halogens is 1. The highest BCUT2D eigenvalue weighted by atomic mass is 79.9.